The predicted molar refractivity (Wildman–Crippen MR) is 91.9 cm³/mol. The second kappa shape index (κ2) is 7.13. The van der Waals surface area contributed by atoms with Gasteiger partial charge in [0.1, 0.15) is 5.15 Å². The van der Waals surface area contributed by atoms with Gasteiger partial charge in [0.2, 0.25) is 0 Å². The third-order valence-corrected chi connectivity index (χ3v) is 3.74. The number of carbonyl (C=O) groups is 1. The monoisotopic (exact) mass is 377 g/mol. The molecule has 26 heavy (non-hydrogen) atoms. The predicted octanol–water partition coefficient (Wildman–Crippen LogP) is 5.07. The Morgan fingerprint density at radius 2 is 1.73 bits per heavy atom. The van der Waals surface area contributed by atoms with Crippen LogP contribution >= 0.6 is 11.6 Å². The lowest BCUT2D eigenvalue weighted by atomic mass is 10.1. The van der Waals surface area contributed by atoms with E-state index in [1.165, 1.54) is 30.5 Å². The summed E-state index contributed by atoms with van der Waals surface area (Å²) in [6, 6.07) is 11.1. The molecule has 0 saturated carbocycles. The summed E-state index contributed by atoms with van der Waals surface area (Å²) in [6.45, 7) is 0. The van der Waals surface area contributed by atoms with Crippen LogP contribution in [-0.4, -0.2) is 15.9 Å². The SMILES string of the molecule is O=C(Nc1ccc(Cl)nc1)c1ccc(-c2cc(C(F)(F)F)ccn2)cc1. The number of halogens is 4. The van der Waals surface area contributed by atoms with Crippen LogP contribution in [-0.2, 0) is 6.18 Å². The first kappa shape index (κ1) is 17.9. The Morgan fingerprint density at radius 1 is 1.00 bits per heavy atom. The van der Waals surface area contributed by atoms with E-state index >= 15 is 0 Å². The molecule has 2 heterocycles. The third-order valence-electron chi connectivity index (χ3n) is 3.52. The minimum absolute atomic E-state index is 0.175. The van der Waals surface area contributed by atoms with Crippen molar-refractivity contribution in [1.82, 2.24) is 9.97 Å². The van der Waals surface area contributed by atoms with Crippen LogP contribution < -0.4 is 5.32 Å². The zero-order valence-corrected chi connectivity index (χ0v) is 13.8. The van der Waals surface area contributed by atoms with Crippen molar-refractivity contribution in [1.29, 1.82) is 0 Å². The van der Waals surface area contributed by atoms with Crippen molar-refractivity contribution in [2.75, 3.05) is 5.32 Å². The lowest BCUT2D eigenvalue weighted by Gasteiger charge is -2.09. The lowest BCUT2D eigenvalue weighted by Crippen LogP contribution is -2.11. The molecule has 0 fully saturated rings. The number of nitrogens with one attached hydrogen (secondary N) is 1. The van der Waals surface area contributed by atoms with Crippen LogP contribution in [0.2, 0.25) is 5.15 Å². The van der Waals surface area contributed by atoms with Crippen molar-refractivity contribution in [3.8, 4) is 11.3 Å². The molecule has 0 aliphatic carbocycles. The van der Waals surface area contributed by atoms with E-state index in [1.807, 2.05) is 0 Å². The lowest BCUT2D eigenvalue weighted by molar-refractivity contribution is -0.137. The van der Waals surface area contributed by atoms with Gasteiger partial charge in [-0.25, -0.2) is 4.98 Å². The summed E-state index contributed by atoms with van der Waals surface area (Å²) < 4.78 is 38.4. The number of amides is 1. The molecule has 0 bridgehead atoms. The molecule has 0 radical (unpaired) electrons. The number of rotatable bonds is 3. The fraction of sp³-hybridized carbons (Fsp3) is 0.0556. The van der Waals surface area contributed by atoms with E-state index < -0.39 is 11.7 Å². The minimum atomic E-state index is -4.44. The Labute approximate surface area is 151 Å². The molecule has 0 saturated heterocycles. The molecule has 3 aromatic rings. The molecule has 0 atom stereocenters. The van der Waals surface area contributed by atoms with Crippen molar-refractivity contribution in [3.63, 3.8) is 0 Å². The molecule has 8 heteroatoms. The summed E-state index contributed by atoms with van der Waals surface area (Å²) in [6.07, 6.45) is -1.92. The largest absolute Gasteiger partial charge is 0.416 e. The summed E-state index contributed by atoms with van der Waals surface area (Å²) in [7, 11) is 0. The van der Waals surface area contributed by atoms with Gasteiger partial charge in [0.15, 0.2) is 0 Å². The van der Waals surface area contributed by atoms with Crippen LogP contribution in [0, 0.1) is 0 Å². The van der Waals surface area contributed by atoms with E-state index in [2.05, 4.69) is 15.3 Å². The van der Waals surface area contributed by atoms with Gasteiger partial charge in [0.05, 0.1) is 23.1 Å². The summed E-state index contributed by atoms with van der Waals surface area (Å²) in [5, 5.41) is 2.96. The highest BCUT2D eigenvalue weighted by atomic mass is 35.5. The van der Waals surface area contributed by atoms with Crippen molar-refractivity contribution < 1.29 is 18.0 Å². The third kappa shape index (κ3) is 4.18. The van der Waals surface area contributed by atoms with Crippen LogP contribution in [0.1, 0.15) is 15.9 Å². The van der Waals surface area contributed by atoms with Crippen LogP contribution in [0.3, 0.4) is 0 Å². The van der Waals surface area contributed by atoms with Gasteiger partial charge in [-0.1, -0.05) is 23.7 Å². The zero-order valence-electron chi connectivity index (χ0n) is 13.1. The molecular weight excluding hydrogens is 367 g/mol. The number of hydrogen-bond acceptors (Lipinski definition) is 3. The van der Waals surface area contributed by atoms with Gasteiger partial charge in [-0.15, -0.1) is 0 Å². The molecule has 3 rings (SSSR count). The molecule has 0 spiro atoms. The molecule has 1 N–H and O–H groups in total. The number of nitrogens with zero attached hydrogens (tertiary/aromatic N) is 2. The van der Waals surface area contributed by atoms with E-state index in [-0.39, 0.29) is 11.6 Å². The van der Waals surface area contributed by atoms with Gasteiger partial charge < -0.3 is 5.32 Å². The molecule has 0 aliphatic heterocycles. The number of hydrogen-bond donors (Lipinski definition) is 1. The quantitative estimate of drug-likeness (QED) is 0.648. The van der Waals surface area contributed by atoms with Gasteiger partial charge >= 0.3 is 6.18 Å². The van der Waals surface area contributed by atoms with E-state index in [4.69, 9.17) is 11.6 Å². The smallest absolute Gasteiger partial charge is 0.321 e. The Balaban J connectivity index is 1.78. The molecule has 1 aromatic carbocycles. The summed E-state index contributed by atoms with van der Waals surface area (Å²) in [5.41, 5.74) is 0.688. The van der Waals surface area contributed by atoms with Crippen molar-refractivity contribution in [2.45, 2.75) is 6.18 Å². The summed E-state index contributed by atoms with van der Waals surface area (Å²) in [4.78, 5) is 20.0. The standard InChI is InChI=1S/C18H11ClF3N3O/c19-16-6-5-14(10-24-16)25-17(26)12-3-1-11(2-4-12)15-9-13(7-8-23-15)18(20,21)22/h1-10H,(H,25,26). The van der Waals surface area contributed by atoms with E-state index in [1.54, 1.807) is 12.1 Å². The second-order valence-corrected chi connectivity index (χ2v) is 5.72. The fourth-order valence-corrected chi connectivity index (χ4v) is 2.32. The van der Waals surface area contributed by atoms with Crippen molar-refractivity contribution in [2.24, 2.45) is 0 Å². The highest BCUT2D eigenvalue weighted by Crippen LogP contribution is 2.31. The molecule has 0 unspecified atom stereocenters. The Kier molecular flexibility index (Phi) is 4.90. The first-order valence-electron chi connectivity index (χ1n) is 7.39. The van der Waals surface area contributed by atoms with Crippen LogP contribution in [0.25, 0.3) is 11.3 Å². The van der Waals surface area contributed by atoms with Crippen LogP contribution in [0.5, 0.6) is 0 Å². The van der Waals surface area contributed by atoms with Gasteiger partial charge in [0, 0.05) is 17.3 Å². The van der Waals surface area contributed by atoms with Gasteiger partial charge in [0.25, 0.3) is 5.91 Å². The molecule has 1 amide bonds. The zero-order chi connectivity index (χ0) is 18.7. The number of alkyl halides is 3. The molecule has 4 nitrogen and oxygen atoms in total. The van der Waals surface area contributed by atoms with Gasteiger partial charge in [-0.05, 0) is 36.4 Å². The fourth-order valence-electron chi connectivity index (χ4n) is 2.21. The maximum absolute atomic E-state index is 12.8. The van der Waals surface area contributed by atoms with Gasteiger partial charge in [-0.2, -0.15) is 13.2 Å². The first-order chi connectivity index (χ1) is 12.3. The van der Waals surface area contributed by atoms with E-state index in [0.717, 1.165) is 18.3 Å². The molecule has 132 valence electrons. The topological polar surface area (TPSA) is 54.9 Å². The highest BCUT2D eigenvalue weighted by molar-refractivity contribution is 6.29. The molecule has 0 aliphatic rings. The maximum atomic E-state index is 12.8. The normalized spacial score (nSPS) is 11.2. The number of pyridine rings is 2. The molecule has 2 aromatic heterocycles. The highest BCUT2D eigenvalue weighted by Gasteiger charge is 2.30. The second-order valence-electron chi connectivity index (χ2n) is 5.33. The maximum Gasteiger partial charge on any atom is 0.416 e. The number of aromatic nitrogens is 2. The minimum Gasteiger partial charge on any atom is -0.321 e. The Morgan fingerprint density at radius 3 is 2.35 bits per heavy atom. The number of carbonyl (C=O) groups excluding carboxylic acids is 1. The van der Waals surface area contributed by atoms with Crippen molar-refractivity contribution >= 4 is 23.2 Å². The van der Waals surface area contributed by atoms with E-state index in [0.29, 0.717) is 22.0 Å². The number of anilines is 1. The first-order valence-corrected chi connectivity index (χ1v) is 7.77. The van der Waals surface area contributed by atoms with Crippen molar-refractivity contribution in [3.05, 3.63) is 77.2 Å². The summed E-state index contributed by atoms with van der Waals surface area (Å²) >= 11 is 5.68. The number of benzene rings is 1. The summed E-state index contributed by atoms with van der Waals surface area (Å²) in [5.74, 6) is -0.377. The Hall–Kier alpha value is -2.93. The average Bonchev–Trinajstić information content (AvgIpc) is 2.63. The average molecular weight is 378 g/mol. The van der Waals surface area contributed by atoms with Gasteiger partial charge in [-0.3, -0.25) is 9.78 Å². The molecular formula is C18H11ClF3N3O. The van der Waals surface area contributed by atoms with Crippen LogP contribution in [0.4, 0.5) is 18.9 Å². The van der Waals surface area contributed by atoms with Crippen LogP contribution in [0.15, 0.2) is 60.9 Å². The Bertz CT molecular complexity index is 926. The van der Waals surface area contributed by atoms with E-state index in [9.17, 15) is 18.0 Å².